The summed E-state index contributed by atoms with van der Waals surface area (Å²) < 4.78 is 51.5. The van der Waals surface area contributed by atoms with Crippen LogP contribution in [0, 0.1) is 5.92 Å². The number of ether oxygens (including phenoxy) is 8. The Balaban J connectivity index is 1.24. The van der Waals surface area contributed by atoms with E-state index in [0.29, 0.717) is 0 Å². The number of aliphatic hydroxyl groups excluding tert-OH is 3. The second-order valence-electron chi connectivity index (χ2n) is 19.7. The molecule has 0 bridgehead atoms. The van der Waals surface area contributed by atoms with Crippen molar-refractivity contribution in [3.05, 3.63) is 152 Å². The van der Waals surface area contributed by atoms with Crippen molar-refractivity contribution in [2.24, 2.45) is 5.92 Å². The highest BCUT2D eigenvalue weighted by Gasteiger charge is 2.55. The number of carbonyl (C=O) groups is 5. The first-order valence-electron chi connectivity index (χ1n) is 25.6. The molecule has 2 aliphatic carbocycles. The molecule has 77 heavy (non-hydrogen) atoms. The molecule has 3 fully saturated rings. The van der Waals surface area contributed by atoms with E-state index in [-0.39, 0.29) is 35.4 Å². The monoisotopic (exact) mass is 1070 g/mol. The third kappa shape index (κ3) is 14.2. The number of carbonyl (C=O) groups excluding carboxylic acids is 5. The molecule has 6 N–H and O–H groups in total. The lowest BCUT2D eigenvalue weighted by molar-refractivity contribution is -0.342. The maximum Gasteiger partial charge on any atom is 0.338 e. The van der Waals surface area contributed by atoms with Gasteiger partial charge in [-0.3, -0.25) is 19.4 Å². The number of aromatic nitrogens is 2. The molecule has 8 rings (SSSR count). The summed E-state index contributed by atoms with van der Waals surface area (Å²) in [6, 6.07) is 23.5. The van der Waals surface area contributed by atoms with Crippen LogP contribution in [0.25, 0.3) is 0 Å². The van der Waals surface area contributed by atoms with Crippen LogP contribution in [0.2, 0.25) is 0 Å². The third-order valence-corrected chi connectivity index (χ3v) is 13.9. The average Bonchev–Trinajstić information content (AvgIpc) is 3.44. The summed E-state index contributed by atoms with van der Waals surface area (Å²) in [5.74, 6) is -3.95. The lowest BCUT2D eigenvalue weighted by atomic mass is 9.85. The highest BCUT2D eigenvalue weighted by atomic mass is 16.8. The fourth-order valence-electron chi connectivity index (χ4n) is 9.85. The van der Waals surface area contributed by atoms with E-state index < -0.39 is 139 Å². The van der Waals surface area contributed by atoms with E-state index in [0.717, 1.165) is 38.2 Å². The number of aliphatic hydroxyl groups is 3. The molecule has 1 aromatic heterocycles. The van der Waals surface area contributed by atoms with Gasteiger partial charge in [-0.05, 0) is 62.1 Å². The predicted octanol–water partition coefficient (Wildman–Crippen LogP) is 2.56. The molecule has 2 saturated heterocycles. The number of nitrogens with one attached hydrogen (secondary N) is 3. The Morgan fingerprint density at radius 1 is 0.701 bits per heavy atom. The van der Waals surface area contributed by atoms with E-state index in [2.05, 4.69) is 10.3 Å². The van der Waals surface area contributed by atoms with E-state index in [1.807, 2.05) is 4.98 Å². The second-order valence-corrected chi connectivity index (χ2v) is 19.7. The van der Waals surface area contributed by atoms with Crippen molar-refractivity contribution in [2.45, 2.75) is 138 Å². The molecule has 0 spiro atoms. The van der Waals surface area contributed by atoms with Gasteiger partial charge in [0.15, 0.2) is 24.8 Å². The molecule has 2 amide bonds. The van der Waals surface area contributed by atoms with Crippen LogP contribution >= 0.6 is 0 Å². The number of nitrogens with zero attached hydrogens (tertiary/aromatic N) is 1. The number of hydrogen-bond donors (Lipinski definition) is 6. The van der Waals surface area contributed by atoms with Crippen LogP contribution in [-0.4, -0.2) is 166 Å². The van der Waals surface area contributed by atoms with Crippen molar-refractivity contribution < 1.29 is 77.2 Å². The number of esters is 3. The number of aromatic amines is 2. The van der Waals surface area contributed by atoms with Gasteiger partial charge in [0.25, 0.3) is 17.4 Å². The molecule has 14 atom stereocenters. The van der Waals surface area contributed by atoms with Crippen molar-refractivity contribution in [1.29, 1.82) is 0 Å². The maximum atomic E-state index is 14.5. The number of rotatable bonds is 18. The molecule has 0 radical (unpaired) electrons. The Labute approximate surface area is 442 Å². The van der Waals surface area contributed by atoms with E-state index in [1.165, 1.54) is 54.3 Å². The fraction of sp³-hybridized carbons (Fsp3) is 0.473. The summed E-state index contributed by atoms with van der Waals surface area (Å²) in [6.07, 6.45) is -12.6. The van der Waals surface area contributed by atoms with E-state index in [4.69, 9.17) is 37.9 Å². The number of hydrogen-bond acceptors (Lipinski definition) is 18. The van der Waals surface area contributed by atoms with Gasteiger partial charge in [-0.15, -0.1) is 0 Å². The van der Waals surface area contributed by atoms with Gasteiger partial charge in [0.2, 0.25) is 0 Å². The lowest BCUT2D eigenvalue weighted by Gasteiger charge is -2.48. The fourth-order valence-corrected chi connectivity index (χ4v) is 9.85. The SMILES string of the molecule is CC1OC(OC2C(NC(=O)c3cc(=O)[nH]c(=O)[nH]3)C=CCC2OC2OC(COC(=O)c3ccccc3)C(OC(=O)c3ccccc3)C(O[C@@H](CC3CCCCC3)C(=O)N(C)C)C2OC(=O)c2ccccc2)C(O)C(O)C1O. The van der Waals surface area contributed by atoms with Crippen LogP contribution in [-0.2, 0) is 42.7 Å². The van der Waals surface area contributed by atoms with Crippen LogP contribution in [0.5, 0.6) is 0 Å². The Morgan fingerprint density at radius 3 is 1.90 bits per heavy atom. The smallest absolute Gasteiger partial charge is 0.338 e. The van der Waals surface area contributed by atoms with E-state index >= 15 is 0 Å². The lowest BCUT2D eigenvalue weighted by Crippen LogP contribution is -2.65. The quantitative estimate of drug-likeness (QED) is 0.0474. The van der Waals surface area contributed by atoms with Crippen LogP contribution < -0.4 is 16.6 Å². The molecular weight excluding hydrogens is 1000 g/mol. The topological polar surface area (TPSA) is 301 Å². The number of benzene rings is 3. The number of likely N-dealkylation sites (N-methyl/N-ethyl adjacent to an activating group) is 1. The van der Waals surface area contributed by atoms with Gasteiger partial charge in [0.1, 0.15) is 55.0 Å². The molecule has 3 aromatic carbocycles. The zero-order chi connectivity index (χ0) is 54.8. The average molecular weight is 1070 g/mol. The summed E-state index contributed by atoms with van der Waals surface area (Å²) >= 11 is 0. The maximum absolute atomic E-state index is 14.5. The van der Waals surface area contributed by atoms with Crippen molar-refractivity contribution in [3.8, 4) is 0 Å². The van der Waals surface area contributed by atoms with Crippen molar-refractivity contribution in [3.63, 3.8) is 0 Å². The number of H-pyrrole nitrogens is 2. The van der Waals surface area contributed by atoms with Gasteiger partial charge >= 0.3 is 23.6 Å². The Hall–Kier alpha value is -6.89. The molecule has 2 aliphatic heterocycles. The first kappa shape index (κ1) is 56.3. The summed E-state index contributed by atoms with van der Waals surface area (Å²) in [4.78, 5) is 101. The summed E-state index contributed by atoms with van der Waals surface area (Å²) in [6.45, 7) is 0.801. The van der Waals surface area contributed by atoms with Gasteiger partial charge in [-0.1, -0.05) is 98.9 Å². The summed E-state index contributed by atoms with van der Waals surface area (Å²) in [5, 5.41) is 35.4. The minimum atomic E-state index is -1.87. The van der Waals surface area contributed by atoms with Crippen LogP contribution in [0.3, 0.4) is 0 Å². The highest BCUT2D eigenvalue weighted by Crippen LogP contribution is 2.37. The second kappa shape index (κ2) is 26.0. The molecule has 412 valence electrons. The standard InChI is InChI=1S/C55H64N4O18/c1-30-41(61)42(62)43(63)53(71-30)77-44-35(56-48(64)36-28-40(60)58-55(69)57-36)25-16-26-37(44)73-54-47(76-52(68)34-23-14-7-15-24-34)46(72-38(49(65)59(2)3)27-31-17-8-4-9-18-31)45(75-51(67)33-21-12-6-13-22-33)39(74-54)29-70-50(66)32-19-10-5-11-20-32/h5-7,10-16,19-25,28,30-31,35,37-39,41-47,53-54,61-63H,4,8-9,17-18,26-27,29H2,1-3H3,(H,56,64)(H2,57,58,60,69)/t30?,35?,37?,38-,39?,41?,42?,43?,44?,45?,46?,47?,53?,54?/m0/s1. The number of amides is 2. The van der Waals surface area contributed by atoms with E-state index in [9.17, 15) is 48.9 Å². The van der Waals surface area contributed by atoms with Gasteiger partial charge in [0.05, 0.1) is 34.9 Å². The molecule has 1 saturated carbocycles. The molecule has 13 unspecified atom stereocenters. The largest absolute Gasteiger partial charge is 0.459 e. The Morgan fingerprint density at radius 2 is 1.30 bits per heavy atom. The molecular formula is C55H64N4O18. The molecule has 22 nitrogen and oxygen atoms in total. The summed E-state index contributed by atoms with van der Waals surface area (Å²) in [5.41, 5.74) is -1.92. The zero-order valence-corrected chi connectivity index (χ0v) is 42.6. The van der Waals surface area contributed by atoms with Crippen LogP contribution in [0.4, 0.5) is 0 Å². The normalized spacial score (nSPS) is 28.8. The van der Waals surface area contributed by atoms with Gasteiger partial charge in [0, 0.05) is 20.2 Å². The van der Waals surface area contributed by atoms with Crippen molar-refractivity contribution >= 4 is 29.7 Å². The minimum Gasteiger partial charge on any atom is -0.459 e. The first-order valence-corrected chi connectivity index (χ1v) is 25.6. The third-order valence-electron chi connectivity index (χ3n) is 13.9. The molecule has 4 aromatic rings. The Bertz CT molecular complexity index is 2760. The van der Waals surface area contributed by atoms with Gasteiger partial charge in [-0.25, -0.2) is 19.2 Å². The van der Waals surface area contributed by atoms with E-state index in [1.54, 1.807) is 74.8 Å². The van der Waals surface area contributed by atoms with Gasteiger partial charge in [-0.2, -0.15) is 0 Å². The predicted molar refractivity (Wildman–Crippen MR) is 270 cm³/mol. The minimum absolute atomic E-state index is 0.0358. The zero-order valence-electron chi connectivity index (χ0n) is 42.6. The summed E-state index contributed by atoms with van der Waals surface area (Å²) in [7, 11) is 3.13. The van der Waals surface area contributed by atoms with Crippen molar-refractivity contribution in [2.75, 3.05) is 20.7 Å². The molecule has 22 heteroatoms. The van der Waals surface area contributed by atoms with Crippen LogP contribution in [0.15, 0.2) is 119 Å². The Kier molecular flexibility index (Phi) is 19.0. The van der Waals surface area contributed by atoms with Crippen LogP contribution in [0.1, 0.15) is 93.4 Å². The first-order chi connectivity index (χ1) is 37.0. The highest BCUT2D eigenvalue weighted by molar-refractivity contribution is 5.92. The molecule has 4 aliphatic rings. The van der Waals surface area contributed by atoms with Crippen molar-refractivity contribution in [1.82, 2.24) is 20.2 Å². The van der Waals surface area contributed by atoms with Gasteiger partial charge < -0.3 is 68.4 Å². The molecule has 3 heterocycles.